The van der Waals surface area contributed by atoms with Crippen LogP contribution in [0.4, 0.5) is 30.6 Å². The Balaban J connectivity index is 0.787. The van der Waals surface area contributed by atoms with E-state index in [1.54, 1.807) is 32.0 Å². The topological polar surface area (TPSA) is 167 Å². The Hall–Kier alpha value is -5.96. The van der Waals surface area contributed by atoms with E-state index >= 15 is 8.78 Å². The SMILES string of the molecule is CC(C)(O)c1cc2nn([C@H]3CC[C@H](N4CCN(C5CN(c6cc(F)c(N7CCC(=O)NC7=O)c(F)c6)C5)CC4)CC3)cc2cc1NC(=O)c1ccc2cc(C#N)cnn12. The highest BCUT2D eigenvalue weighted by Gasteiger charge is 2.37. The van der Waals surface area contributed by atoms with Gasteiger partial charge in [0, 0.05) is 92.8 Å². The average molecular weight is 806 g/mol. The highest BCUT2D eigenvalue weighted by Crippen LogP contribution is 2.37. The lowest BCUT2D eigenvalue weighted by molar-refractivity contribution is -0.120. The van der Waals surface area contributed by atoms with Crippen LogP contribution in [0.15, 0.2) is 54.9 Å². The van der Waals surface area contributed by atoms with Crippen LogP contribution in [0.2, 0.25) is 0 Å². The number of imide groups is 1. The first kappa shape index (κ1) is 38.6. The summed E-state index contributed by atoms with van der Waals surface area (Å²) in [5.74, 6) is -2.51. The third-order valence-corrected chi connectivity index (χ3v) is 12.4. The molecule has 59 heavy (non-hydrogen) atoms. The Labute approximate surface area is 338 Å². The third kappa shape index (κ3) is 7.36. The molecule has 306 valence electrons. The number of nitrogens with zero attached hydrogens (tertiary/aromatic N) is 9. The van der Waals surface area contributed by atoms with Gasteiger partial charge in [0.2, 0.25) is 5.91 Å². The van der Waals surface area contributed by atoms with Crippen molar-refractivity contribution in [3.05, 3.63) is 83.3 Å². The Kier molecular flexibility index (Phi) is 9.81. The van der Waals surface area contributed by atoms with E-state index in [2.05, 4.69) is 31.6 Å². The smallest absolute Gasteiger partial charge is 0.328 e. The summed E-state index contributed by atoms with van der Waals surface area (Å²) in [5.41, 5.74) is 1.84. The van der Waals surface area contributed by atoms with E-state index in [0.29, 0.717) is 58.9 Å². The number of carbonyl (C=O) groups is 3. The van der Waals surface area contributed by atoms with Gasteiger partial charge in [0.25, 0.3) is 5.91 Å². The molecule has 6 heterocycles. The molecule has 1 saturated carbocycles. The molecule has 1 aliphatic carbocycles. The molecule has 0 atom stereocenters. The van der Waals surface area contributed by atoms with E-state index in [-0.39, 0.29) is 19.0 Å². The molecule has 0 unspecified atom stereocenters. The Morgan fingerprint density at radius 2 is 1.61 bits per heavy atom. The van der Waals surface area contributed by atoms with Gasteiger partial charge in [0.05, 0.1) is 34.4 Å². The van der Waals surface area contributed by atoms with E-state index in [1.165, 1.54) is 22.8 Å². The first-order chi connectivity index (χ1) is 28.3. The number of nitriles is 1. The second kappa shape index (κ2) is 15.0. The molecule has 3 N–H and O–H groups in total. The van der Waals surface area contributed by atoms with Gasteiger partial charge < -0.3 is 15.3 Å². The lowest BCUT2D eigenvalue weighted by Gasteiger charge is -2.50. The van der Waals surface area contributed by atoms with Gasteiger partial charge in [-0.05, 0) is 82.0 Å². The maximum atomic E-state index is 15.1. The van der Waals surface area contributed by atoms with Gasteiger partial charge in [-0.1, -0.05) is 0 Å². The molecule has 4 amide bonds. The second-order valence-electron chi connectivity index (χ2n) is 16.6. The fraction of sp³-hybridized carbons (Fsp3) is 0.429. The van der Waals surface area contributed by atoms with Gasteiger partial charge in [-0.25, -0.2) is 18.1 Å². The average Bonchev–Trinajstić information content (AvgIpc) is 3.81. The molecule has 17 heteroatoms. The first-order valence-corrected chi connectivity index (χ1v) is 20.1. The maximum Gasteiger partial charge on any atom is 0.328 e. The third-order valence-electron chi connectivity index (χ3n) is 12.4. The largest absolute Gasteiger partial charge is 0.386 e. The van der Waals surface area contributed by atoms with Crippen LogP contribution in [0, 0.1) is 23.0 Å². The van der Waals surface area contributed by atoms with Gasteiger partial charge in [-0.2, -0.15) is 15.5 Å². The Morgan fingerprint density at radius 1 is 0.932 bits per heavy atom. The highest BCUT2D eigenvalue weighted by molar-refractivity contribution is 6.06. The number of fused-ring (bicyclic) bond motifs is 2. The van der Waals surface area contributed by atoms with Crippen molar-refractivity contribution in [2.75, 3.05) is 60.9 Å². The first-order valence-electron chi connectivity index (χ1n) is 20.1. The fourth-order valence-corrected chi connectivity index (χ4v) is 9.13. The van der Waals surface area contributed by atoms with E-state index in [1.807, 2.05) is 27.9 Å². The highest BCUT2D eigenvalue weighted by atomic mass is 19.1. The summed E-state index contributed by atoms with van der Waals surface area (Å²) in [6, 6.07) is 13.5. The number of benzene rings is 2. The molecule has 2 aromatic carbocycles. The van der Waals surface area contributed by atoms with Crippen molar-refractivity contribution in [2.45, 2.75) is 69.7 Å². The molecule has 0 spiro atoms. The standard InChI is InChI=1S/C42H45F2N11O4/c1-42(2,59)32-19-35-26(16-36(32)47-40(57)37-8-7-29-15-25(20-45)21-46-55(29)37)22-54(49-35)28-5-3-27(4-6-28)50-11-13-51(14-12-50)31-23-52(24-31)30-17-33(43)39(34(44)18-30)53-10-9-38(56)48-41(53)58/h7-8,15-19,21-22,27-28,31,59H,3-6,9-14,23-24H2,1-2H3,(H,47,57)(H,48,56,58)/t27-,28-. The van der Waals surface area contributed by atoms with Crippen LogP contribution < -0.4 is 20.4 Å². The minimum Gasteiger partial charge on any atom is -0.386 e. The number of piperazine rings is 1. The molecule has 3 saturated heterocycles. The zero-order chi connectivity index (χ0) is 41.2. The summed E-state index contributed by atoms with van der Waals surface area (Å²) in [4.78, 5) is 45.1. The monoisotopic (exact) mass is 805 g/mol. The summed E-state index contributed by atoms with van der Waals surface area (Å²) in [6.07, 6.45) is 7.47. The van der Waals surface area contributed by atoms with Crippen molar-refractivity contribution in [1.29, 1.82) is 5.26 Å². The normalized spacial score (nSPS) is 21.2. The molecule has 5 aromatic rings. The molecule has 0 bridgehead atoms. The molecule has 4 fully saturated rings. The summed E-state index contributed by atoms with van der Waals surface area (Å²) >= 11 is 0. The number of hydrogen-bond acceptors (Lipinski definition) is 10. The molecule has 3 aromatic heterocycles. The van der Waals surface area contributed by atoms with Crippen LogP contribution in [0.3, 0.4) is 0 Å². The molecule has 0 radical (unpaired) electrons. The van der Waals surface area contributed by atoms with Crippen LogP contribution in [0.5, 0.6) is 0 Å². The van der Waals surface area contributed by atoms with E-state index < -0.39 is 40.8 Å². The van der Waals surface area contributed by atoms with Crippen LogP contribution in [0.1, 0.15) is 73.6 Å². The van der Waals surface area contributed by atoms with Crippen molar-refractivity contribution in [3.8, 4) is 6.07 Å². The van der Waals surface area contributed by atoms with Gasteiger partial charge in [0.15, 0.2) is 11.6 Å². The number of carbonyl (C=O) groups excluding carboxylic acids is 3. The lowest BCUT2D eigenvalue weighted by atomic mass is 9.89. The van der Waals surface area contributed by atoms with Crippen molar-refractivity contribution in [1.82, 2.24) is 34.5 Å². The number of halogens is 2. The zero-order valence-corrected chi connectivity index (χ0v) is 32.9. The molecule has 4 aliphatic rings. The van der Waals surface area contributed by atoms with E-state index in [9.17, 15) is 24.8 Å². The number of urea groups is 1. The van der Waals surface area contributed by atoms with Gasteiger partial charge >= 0.3 is 6.03 Å². The number of aliphatic hydroxyl groups is 1. The van der Waals surface area contributed by atoms with Crippen molar-refractivity contribution >= 4 is 51.3 Å². The lowest BCUT2D eigenvalue weighted by Crippen LogP contribution is -2.64. The predicted octanol–water partition coefficient (Wildman–Crippen LogP) is 4.75. The molecular weight excluding hydrogens is 761 g/mol. The number of amides is 4. The number of anilines is 3. The van der Waals surface area contributed by atoms with Crippen LogP contribution >= 0.6 is 0 Å². The van der Waals surface area contributed by atoms with Crippen molar-refractivity contribution in [3.63, 3.8) is 0 Å². The van der Waals surface area contributed by atoms with Crippen molar-refractivity contribution in [2.24, 2.45) is 0 Å². The summed E-state index contributed by atoms with van der Waals surface area (Å²) in [5, 5.41) is 35.5. The summed E-state index contributed by atoms with van der Waals surface area (Å²) < 4.78 is 33.7. The molecular formula is C42H45F2N11O4. The summed E-state index contributed by atoms with van der Waals surface area (Å²) in [6.45, 7) is 8.38. The molecule has 15 nitrogen and oxygen atoms in total. The maximum absolute atomic E-state index is 15.1. The molecule has 3 aliphatic heterocycles. The van der Waals surface area contributed by atoms with Crippen LogP contribution in [-0.2, 0) is 10.4 Å². The number of hydrogen-bond donors (Lipinski definition) is 3. The Morgan fingerprint density at radius 3 is 2.27 bits per heavy atom. The van der Waals surface area contributed by atoms with Crippen molar-refractivity contribution < 1.29 is 28.3 Å². The predicted molar refractivity (Wildman–Crippen MR) is 215 cm³/mol. The number of nitrogens with one attached hydrogen (secondary N) is 2. The summed E-state index contributed by atoms with van der Waals surface area (Å²) in [7, 11) is 0. The minimum atomic E-state index is -1.26. The zero-order valence-electron chi connectivity index (χ0n) is 32.9. The Bertz CT molecular complexity index is 2500. The van der Waals surface area contributed by atoms with E-state index in [0.717, 1.165) is 67.7 Å². The van der Waals surface area contributed by atoms with Gasteiger partial charge in [-0.15, -0.1) is 0 Å². The van der Waals surface area contributed by atoms with Gasteiger partial charge in [0.1, 0.15) is 17.5 Å². The van der Waals surface area contributed by atoms with Crippen LogP contribution in [-0.4, -0.2) is 110 Å². The quantitative estimate of drug-likeness (QED) is 0.199. The molecule has 9 rings (SSSR count). The van der Waals surface area contributed by atoms with Gasteiger partial charge in [-0.3, -0.25) is 34.3 Å². The number of aromatic nitrogens is 4. The number of rotatable bonds is 8. The fourth-order valence-electron chi connectivity index (χ4n) is 9.13. The second-order valence-corrected chi connectivity index (χ2v) is 16.6. The minimum absolute atomic E-state index is 0.0170. The van der Waals surface area contributed by atoms with E-state index in [4.69, 9.17) is 5.10 Å². The van der Waals surface area contributed by atoms with Crippen LogP contribution in [0.25, 0.3) is 16.4 Å².